The quantitative estimate of drug-likeness (QED) is 0.547. The van der Waals surface area contributed by atoms with Gasteiger partial charge in [0, 0.05) is 6.04 Å². The Kier molecular flexibility index (Phi) is 7.58. The van der Waals surface area contributed by atoms with Crippen LogP contribution < -0.4 is 0 Å². The van der Waals surface area contributed by atoms with Gasteiger partial charge in [0.2, 0.25) is 0 Å². The summed E-state index contributed by atoms with van der Waals surface area (Å²) in [6.45, 7) is 4.00. The first-order chi connectivity index (χ1) is 5.80. The highest BCUT2D eigenvalue weighted by molar-refractivity contribution is 4.69. The molecule has 0 heterocycles. The molecule has 0 N–H and O–H groups in total. The average Bonchev–Trinajstić information content (AvgIpc) is 2.35. The van der Waals surface area contributed by atoms with E-state index >= 15 is 0 Å². The van der Waals surface area contributed by atoms with Gasteiger partial charge >= 0.3 is 0 Å². The molecule has 1 aliphatic carbocycles. The summed E-state index contributed by atoms with van der Waals surface area (Å²) < 4.78 is 0. The van der Waals surface area contributed by atoms with Gasteiger partial charge in [-0.15, -0.1) is 0 Å². The molecule has 1 saturated carbocycles. The van der Waals surface area contributed by atoms with Crippen LogP contribution in [0.3, 0.4) is 0 Å². The standard InChI is InChI=1S/C9H19N.C2H6/c1-10(2)9-7-5-3-4-6-8-9;1-2/h9H,3-8H2,1-2H3;1-2H3. The van der Waals surface area contributed by atoms with Crippen LogP contribution >= 0.6 is 0 Å². The van der Waals surface area contributed by atoms with Crippen molar-refractivity contribution in [2.45, 2.75) is 58.4 Å². The van der Waals surface area contributed by atoms with Crippen LogP contribution in [0.2, 0.25) is 0 Å². The summed E-state index contributed by atoms with van der Waals surface area (Å²) in [4.78, 5) is 2.38. The molecule has 0 bridgehead atoms. The molecule has 0 aliphatic heterocycles. The first-order valence-corrected chi connectivity index (χ1v) is 5.47. The van der Waals surface area contributed by atoms with Crippen LogP contribution in [0.1, 0.15) is 52.4 Å². The first-order valence-electron chi connectivity index (χ1n) is 5.47. The van der Waals surface area contributed by atoms with Crippen molar-refractivity contribution in [1.82, 2.24) is 4.90 Å². The van der Waals surface area contributed by atoms with Crippen molar-refractivity contribution in [3.8, 4) is 0 Å². The Bertz CT molecular complexity index is 81.0. The van der Waals surface area contributed by atoms with Gasteiger partial charge in [-0.05, 0) is 26.9 Å². The zero-order valence-corrected chi connectivity index (χ0v) is 9.27. The monoisotopic (exact) mass is 171 g/mol. The van der Waals surface area contributed by atoms with Crippen molar-refractivity contribution in [3.05, 3.63) is 0 Å². The zero-order chi connectivity index (χ0) is 9.40. The Morgan fingerprint density at radius 1 is 0.833 bits per heavy atom. The lowest BCUT2D eigenvalue weighted by molar-refractivity contribution is 0.267. The van der Waals surface area contributed by atoms with Crippen LogP contribution in [-0.2, 0) is 0 Å². The fraction of sp³-hybridized carbons (Fsp3) is 1.00. The van der Waals surface area contributed by atoms with Crippen molar-refractivity contribution in [2.75, 3.05) is 14.1 Å². The maximum atomic E-state index is 2.38. The molecule has 0 radical (unpaired) electrons. The van der Waals surface area contributed by atoms with Crippen LogP contribution in [0.25, 0.3) is 0 Å². The summed E-state index contributed by atoms with van der Waals surface area (Å²) in [5, 5.41) is 0. The molecule has 0 aromatic rings. The van der Waals surface area contributed by atoms with E-state index in [1.54, 1.807) is 0 Å². The molecule has 1 aliphatic rings. The zero-order valence-electron chi connectivity index (χ0n) is 9.27. The molecule has 0 aromatic heterocycles. The van der Waals surface area contributed by atoms with E-state index in [-0.39, 0.29) is 0 Å². The molecule has 0 spiro atoms. The van der Waals surface area contributed by atoms with Gasteiger partial charge in [-0.1, -0.05) is 39.5 Å². The summed E-state index contributed by atoms with van der Waals surface area (Å²) in [5.41, 5.74) is 0. The number of hydrogen-bond donors (Lipinski definition) is 0. The van der Waals surface area contributed by atoms with Crippen LogP contribution in [0.5, 0.6) is 0 Å². The molecule has 1 rings (SSSR count). The van der Waals surface area contributed by atoms with Crippen LogP contribution in [0.15, 0.2) is 0 Å². The Balaban J connectivity index is 0.000000561. The van der Waals surface area contributed by atoms with Gasteiger partial charge in [0.1, 0.15) is 0 Å². The predicted octanol–water partition coefficient (Wildman–Crippen LogP) is 3.30. The average molecular weight is 171 g/mol. The van der Waals surface area contributed by atoms with E-state index < -0.39 is 0 Å². The van der Waals surface area contributed by atoms with E-state index in [2.05, 4.69) is 19.0 Å². The van der Waals surface area contributed by atoms with Crippen LogP contribution in [-0.4, -0.2) is 25.0 Å². The summed E-state index contributed by atoms with van der Waals surface area (Å²) in [6, 6.07) is 0.877. The number of hydrogen-bond acceptors (Lipinski definition) is 1. The first kappa shape index (κ1) is 12.0. The molecule has 1 heteroatoms. The van der Waals surface area contributed by atoms with Gasteiger partial charge in [0.25, 0.3) is 0 Å². The van der Waals surface area contributed by atoms with Gasteiger partial charge in [0.15, 0.2) is 0 Å². The van der Waals surface area contributed by atoms with Crippen molar-refractivity contribution in [2.24, 2.45) is 0 Å². The lowest BCUT2D eigenvalue weighted by Gasteiger charge is -2.21. The summed E-state index contributed by atoms with van der Waals surface area (Å²) >= 11 is 0. The third-order valence-corrected chi connectivity index (χ3v) is 2.55. The Morgan fingerprint density at radius 3 is 1.58 bits per heavy atom. The fourth-order valence-corrected chi connectivity index (χ4v) is 1.77. The number of nitrogens with zero attached hydrogens (tertiary/aromatic N) is 1. The summed E-state index contributed by atoms with van der Waals surface area (Å²) in [5.74, 6) is 0. The minimum Gasteiger partial charge on any atom is -0.306 e. The third-order valence-electron chi connectivity index (χ3n) is 2.55. The highest BCUT2D eigenvalue weighted by atomic mass is 15.1. The second-order valence-electron chi connectivity index (χ2n) is 3.61. The number of rotatable bonds is 1. The SMILES string of the molecule is CC.CN(C)C1CCCCCC1. The van der Waals surface area contributed by atoms with Crippen LogP contribution in [0.4, 0.5) is 0 Å². The second-order valence-corrected chi connectivity index (χ2v) is 3.61. The molecule has 0 unspecified atom stereocenters. The smallest absolute Gasteiger partial charge is 0.00891 e. The predicted molar refractivity (Wildman–Crippen MR) is 56.5 cm³/mol. The van der Waals surface area contributed by atoms with E-state index in [0.717, 1.165) is 6.04 Å². The third kappa shape index (κ3) is 4.76. The van der Waals surface area contributed by atoms with E-state index in [4.69, 9.17) is 0 Å². The maximum Gasteiger partial charge on any atom is 0.00891 e. The molecule has 0 aromatic carbocycles. The van der Waals surface area contributed by atoms with Gasteiger partial charge < -0.3 is 4.90 Å². The highest BCUT2D eigenvalue weighted by Crippen LogP contribution is 2.19. The van der Waals surface area contributed by atoms with E-state index in [9.17, 15) is 0 Å². The molecule has 0 saturated heterocycles. The topological polar surface area (TPSA) is 3.24 Å². The van der Waals surface area contributed by atoms with Crippen LogP contribution in [0, 0.1) is 0 Å². The van der Waals surface area contributed by atoms with Gasteiger partial charge in [0.05, 0.1) is 0 Å². The molecule has 1 nitrogen and oxygen atoms in total. The Labute approximate surface area is 78.1 Å². The largest absolute Gasteiger partial charge is 0.306 e. The molecular formula is C11H25N. The van der Waals surface area contributed by atoms with Crippen molar-refractivity contribution in [1.29, 1.82) is 0 Å². The van der Waals surface area contributed by atoms with Crippen molar-refractivity contribution < 1.29 is 0 Å². The lowest BCUT2D eigenvalue weighted by atomic mass is 10.1. The highest BCUT2D eigenvalue weighted by Gasteiger charge is 2.12. The van der Waals surface area contributed by atoms with E-state index in [0.29, 0.717) is 0 Å². The lowest BCUT2D eigenvalue weighted by Crippen LogP contribution is -2.26. The van der Waals surface area contributed by atoms with Gasteiger partial charge in [-0.3, -0.25) is 0 Å². The minimum absolute atomic E-state index is 0.877. The second kappa shape index (κ2) is 7.60. The molecule has 0 amide bonds. The maximum absolute atomic E-state index is 2.38. The van der Waals surface area contributed by atoms with Crippen molar-refractivity contribution >= 4 is 0 Å². The minimum atomic E-state index is 0.877. The van der Waals surface area contributed by atoms with Gasteiger partial charge in [-0.2, -0.15) is 0 Å². The molecule has 12 heavy (non-hydrogen) atoms. The van der Waals surface area contributed by atoms with E-state index in [1.165, 1.54) is 38.5 Å². The molecule has 1 fully saturated rings. The fourth-order valence-electron chi connectivity index (χ4n) is 1.77. The molecule has 74 valence electrons. The van der Waals surface area contributed by atoms with E-state index in [1.807, 2.05) is 13.8 Å². The molecule has 0 atom stereocenters. The van der Waals surface area contributed by atoms with Crippen molar-refractivity contribution in [3.63, 3.8) is 0 Å². The normalized spacial score (nSPS) is 19.8. The Hall–Kier alpha value is -0.0400. The Morgan fingerprint density at radius 2 is 1.25 bits per heavy atom. The summed E-state index contributed by atoms with van der Waals surface area (Å²) in [7, 11) is 4.41. The summed E-state index contributed by atoms with van der Waals surface area (Å²) in [6.07, 6.45) is 8.67. The molecular weight excluding hydrogens is 146 g/mol. The van der Waals surface area contributed by atoms with Gasteiger partial charge in [-0.25, -0.2) is 0 Å².